The lowest BCUT2D eigenvalue weighted by atomic mass is 10.1. The van der Waals surface area contributed by atoms with Crippen molar-refractivity contribution in [1.82, 2.24) is 10.3 Å². The lowest BCUT2D eigenvalue weighted by molar-refractivity contribution is 0.0947. The number of nitrogens with one attached hydrogen (secondary N) is 1. The first-order valence-corrected chi connectivity index (χ1v) is 8.00. The van der Waals surface area contributed by atoms with E-state index in [9.17, 15) is 9.59 Å². The molecule has 1 amide bonds. The number of aromatic nitrogens is 1. The quantitative estimate of drug-likeness (QED) is 0.573. The van der Waals surface area contributed by atoms with Gasteiger partial charge in [-0.25, -0.2) is 4.79 Å². The average molecular weight is 346 g/mol. The summed E-state index contributed by atoms with van der Waals surface area (Å²) in [6, 6.07) is 15.8. The fourth-order valence-corrected chi connectivity index (χ4v) is 2.64. The first-order valence-electron chi connectivity index (χ1n) is 8.00. The van der Waals surface area contributed by atoms with Gasteiger partial charge in [-0.2, -0.15) is 0 Å². The molecule has 4 rings (SSSR count). The molecule has 128 valence electrons. The Balaban J connectivity index is 1.53. The minimum Gasteiger partial charge on any atom is -0.463 e. The second kappa shape index (κ2) is 6.68. The van der Waals surface area contributed by atoms with Crippen LogP contribution in [0.3, 0.4) is 0 Å². The molecular weight excluding hydrogens is 332 g/mol. The molecule has 3 heterocycles. The molecule has 6 nitrogen and oxygen atoms in total. The van der Waals surface area contributed by atoms with Crippen molar-refractivity contribution in [2.24, 2.45) is 0 Å². The molecule has 0 aliphatic heterocycles. The number of carbonyl (C=O) groups is 1. The number of benzene rings is 1. The van der Waals surface area contributed by atoms with Gasteiger partial charge in [0.05, 0.1) is 6.26 Å². The molecule has 0 aliphatic carbocycles. The SMILES string of the molecule is O=C(NCc1ccnc(-c2ccco2)c1)c1cc2ccccc2oc1=O. The van der Waals surface area contributed by atoms with E-state index in [2.05, 4.69) is 10.3 Å². The van der Waals surface area contributed by atoms with Crippen LogP contribution >= 0.6 is 0 Å². The van der Waals surface area contributed by atoms with E-state index in [1.54, 1.807) is 42.8 Å². The van der Waals surface area contributed by atoms with Gasteiger partial charge >= 0.3 is 5.63 Å². The molecule has 0 unspecified atom stereocenters. The largest absolute Gasteiger partial charge is 0.463 e. The van der Waals surface area contributed by atoms with Gasteiger partial charge < -0.3 is 14.2 Å². The highest BCUT2D eigenvalue weighted by Crippen LogP contribution is 2.18. The fraction of sp³-hybridized carbons (Fsp3) is 0.0500. The third-order valence-corrected chi connectivity index (χ3v) is 3.94. The summed E-state index contributed by atoms with van der Waals surface area (Å²) in [5.74, 6) is 0.161. The maximum atomic E-state index is 12.4. The Labute approximate surface area is 148 Å². The van der Waals surface area contributed by atoms with E-state index in [-0.39, 0.29) is 12.1 Å². The number of furan rings is 1. The molecule has 1 aromatic carbocycles. The predicted octanol–water partition coefficient (Wildman–Crippen LogP) is 3.38. The fourth-order valence-electron chi connectivity index (χ4n) is 2.64. The van der Waals surface area contributed by atoms with Crippen LogP contribution in [0, 0.1) is 0 Å². The molecular formula is C20H14N2O4. The van der Waals surface area contributed by atoms with Gasteiger partial charge in [-0.1, -0.05) is 18.2 Å². The van der Waals surface area contributed by atoms with E-state index in [0.29, 0.717) is 22.4 Å². The highest BCUT2D eigenvalue weighted by Gasteiger charge is 2.13. The first kappa shape index (κ1) is 15.8. The molecule has 1 N–H and O–H groups in total. The molecule has 0 spiro atoms. The lowest BCUT2D eigenvalue weighted by Crippen LogP contribution is -2.27. The Morgan fingerprint density at radius 1 is 1.08 bits per heavy atom. The Kier molecular flexibility index (Phi) is 4.07. The molecule has 0 radical (unpaired) electrons. The van der Waals surface area contributed by atoms with Gasteiger partial charge in [-0.05, 0) is 42.0 Å². The minimum absolute atomic E-state index is 0.0241. The highest BCUT2D eigenvalue weighted by molar-refractivity contribution is 5.96. The molecule has 0 atom stereocenters. The van der Waals surface area contributed by atoms with Crippen LogP contribution in [0.2, 0.25) is 0 Å². The van der Waals surface area contributed by atoms with Crippen molar-refractivity contribution in [3.05, 3.63) is 88.6 Å². The molecule has 0 fully saturated rings. The van der Waals surface area contributed by atoms with Gasteiger partial charge in [0.1, 0.15) is 16.8 Å². The van der Waals surface area contributed by atoms with E-state index in [1.165, 1.54) is 6.07 Å². The third-order valence-electron chi connectivity index (χ3n) is 3.94. The Morgan fingerprint density at radius 3 is 2.81 bits per heavy atom. The van der Waals surface area contributed by atoms with Crippen LogP contribution < -0.4 is 10.9 Å². The number of amides is 1. The van der Waals surface area contributed by atoms with Crippen LogP contribution in [0.15, 0.2) is 80.7 Å². The number of para-hydroxylation sites is 1. The average Bonchev–Trinajstić information content (AvgIpc) is 3.20. The van der Waals surface area contributed by atoms with Crippen LogP contribution in [0.5, 0.6) is 0 Å². The summed E-state index contributed by atoms with van der Waals surface area (Å²) in [6.07, 6.45) is 3.22. The number of rotatable bonds is 4. The summed E-state index contributed by atoms with van der Waals surface area (Å²) in [5.41, 5.74) is 1.28. The number of nitrogens with zero attached hydrogens (tertiary/aromatic N) is 1. The topological polar surface area (TPSA) is 85.3 Å². The van der Waals surface area contributed by atoms with Crippen molar-refractivity contribution in [2.45, 2.75) is 6.54 Å². The van der Waals surface area contributed by atoms with Gasteiger partial charge in [0.15, 0.2) is 5.76 Å². The van der Waals surface area contributed by atoms with Gasteiger partial charge in [0.2, 0.25) is 0 Å². The zero-order valence-electron chi connectivity index (χ0n) is 13.6. The van der Waals surface area contributed by atoms with Crippen molar-refractivity contribution in [3.63, 3.8) is 0 Å². The Hall–Kier alpha value is -3.67. The van der Waals surface area contributed by atoms with Crippen LogP contribution in [-0.2, 0) is 6.54 Å². The maximum absolute atomic E-state index is 12.4. The van der Waals surface area contributed by atoms with Gasteiger partial charge in [-0.3, -0.25) is 9.78 Å². The highest BCUT2D eigenvalue weighted by atomic mass is 16.4. The monoisotopic (exact) mass is 346 g/mol. The van der Waals surface area contributed by atoms with Crippen molar-refractivity contribution in [1.29, 1.82) is 0 Å². The summed E-state index contributed by atoms with van der Waals surface area (Å²) >= 11 is 0. The van der Waals surface area contributed by atoms with Crippen LogP contribution in [0.1, 0.15) is 15.9 Å². The number of carbonyl (C=O) groups excluding carboxylic acids is 1. The normalized spacial score (nSPS) is 10.8. The van der Waals surface area contributed by atoms with Crippen molar-refractivity contribution in [3.8, 4) is 11.5 Å². The van der Waals surface area contributed by atoms with Crippen molar-refractivity contribution < 1.29 is 13.6 Å². The molecule has 0 aliphatic rings. The van der Waals surface area contributed by atoms with Crippen molar-refractivity contribution >= 4 is 16.9 Å². The Bertz CT molecular complexity index is 1130. The van der Waals surface area contributed by atoms with E-state index >= 15 is 0 Å². The second-order valence-electron chi connectivity index (χ2n) is 5.69. The third kappa shape index (κ3) is 3.12. The van der Waals surface area contributed by atoms with Gasteiger partial charge in [0.25, 0.3) is 5.91 Å². The summed E-state index contributed by atoms with van der Waals surface area (Å²) in [6.45, 7) is 0.251. The molecule has 0 saturated heterocycles. The number of hydrogen-bond donors (Lipinski definition) is 1. The molecule has 0 bridgehead atoms. The van der Waals surface area contributed by atoms with E-state index in [4.69, 9.17) is 8.83 Å². The second-order valence-corrected chi connectivity index (χ2v) is 5.69. The summed E-state index contributed by atoms with van der Waals surface area (Å²) in [5, 5.41) is 3.43. The zero-order valence-corrected chi connectivity index (χ0v) is 13.6. The Morgan fingerprint density at radius 2 is 1.96 bits per heavy atom. The molecule has 4 aromatic rings. The number of pyridine rings is 1. The van der Waals surface area contributed by atoms with Crippen molar-refractivity contribution in [2.75, 3.05) is 0 Å². The molecule has 0 saturated carbocycles. The van der Waals surface area contributed by atoms with Gasteiger partial charge in [-0.15, -0.1) is 0 Å². The maximum Gasteiger partial charge on any atom is 0.349 e. The molecule has 6 heteroatoms. The number of fused-ring (bicyclic) bond motifs is 1. The standard InChI is InChI=1S/C20H14N2O4/c23-19(15-11-14-4-1-2-5-17(14)26-20(15)24)22-12-13-7-8-21-16(10-13)18-6-3-9-25-18/h1-11H,12H2,(H,22,23). The zero-order chi connectivity index (χ0) is 17.9. The first-order chi connectivity index (χ1) is 12.7. The van der Waals surface area contributed by atoms with Crippen LogP contribution in [-0.4, -0.2) is 10.9 Å². The summed E-state index contributed by atoms with van der Waals surface area (Å²) in [7, 11) is 0. The summed E-state index contributed by atoms with van der Waals surface area (Å²) in [4.78, 5) is 28.7. The minimum atomic E-state index is -0.660. The molecule has 3 aromatic heterocycles. The van der Waals surface area contributed by atoms with E-state index in [0.717, 1.165) is 5.56 Å². The smallest absolute Gasteiger partial charge is 0.349 e. The van der Waals surface area contributed by atoms with E-state index in [1.807, 2.05) is 18.2 Å². The van der Waals surface area contributed by atoms with Crippen LogP contribution in [0.4, 0.5) is 0 Å². The van der Waals surface area contributed by atoms with Crippen LogP contribution in [0.25, 0.3) is 22.4 Å². The predicted molar refractivity (Wildman–Crippen MR) is 95.6 cm³/mol. The van der Waals surface area contributed by atoms with E-state index < -0.39 is 11.5 Å². The van der Waals surface area contributed by atoms with Gasteiger partial charge in [0, 0.05) is 18.1 Å². The molecule has 26 heavy (non-hydrogen) atoms. The summed E-state index contributed by atoms with van der Waals surface area (Å²) < 4.78 is 10.5. The lowest BCUT2D eigenvalue weighted by Gasteiger charge is -2.06. The number of hydrogen-bond acceptors (Lipinski definition) is 5.